The quantitative estimate of drug-likeness (QED) is 0.622. The van der Waals surface area contributed by atoms with Gasteiger partial charge in [0.25, 0.3) is 11.8 Å². The second-order valence-electron chi connectivity index (χ2n) is 5.64. The van der Waals surface area contributed by atoms with E-state index in [1.165, 1.54) is 18.4 Å². The van der Waals surface area contributed by atoms with Crippen LogP contribution >= 0.6 is 0 Å². The van der Waals surface area contributed by atoms with Crippen molar-refractivity contribution in [1.82, 2.24) is 5.32 Å². The van der Waals surface area contributed by atoms with Gasteiger partial charge in [-0.3, -0.25) is 9.59 Å². The van der Waals surface area contributed by atoms with Gasteiger partial charge < -0.3 is 20.2 Å². The van der Waals surface area contributed by atoms with Crippen molar-refractivity contribution >= 4 is 23.5 Å². The number of carboxylic acid groups (broad SMARTS) is 1. The molecule has 0 bridgehead atoms. The van der Waals surface area contributed by atoms with Gasteiger partial charge in [0.1, 0.15) is 5.76 Å². The molecular formula is C20H16N2O5. The van der Waals surface area contributed by atoms with E-state index in [0.717, 1.165) is 0 Å². The van der Waals surface area contributed by atoms with E-state index >= 15 is 0 Å². The maximum atomic E-state index is 12.3. The van der Waals surface area contributed by atoms with Crippen LogP contribution in [0.3, 0.4) is 0 Å². The van der Waals surface area contributed by atoms with Crippen molar-refractivity contribution in [3.63, 3.8) is 0 Å². The van der Waals surface area contributed by atoms with Crippen LogP contribution in [0.25, 0.3) is 0 Å². The Labute approximate surface area is 154 Å². The number of carbonyl (C=O) groups excluding carboxylic acids is 2. The van der Waals surface area contributed by atoms with E-state index in [9.17, 15) is 14.4 Å². The normalized spacial score (nSPS) is 10.2. The van der Waals surface area contributed by atoms with E-state index in [4.69, 9.17) is 9.52 Å². The highest BCUT2D eigenvalue weighted by Crippen LogP contribution is 2.14. The molecule has 2 aromatic carbocycles. The molecule has 7 nitrogen and oxygen atoms in total. The molecule has 0 spiro atoms. The highest BCUT2D eigenvalue weighted by molar-refractivity contribution is 6.10. The first-order valence-electron chi connectivity index (χ1n) is 8.09. The zero-order valence-corrected chi connectivity index (χ0v) is 14.1. The summed E-state index contributed by atoms with van der Waals surface area (Å²) in [6.07, 6.45) is 1.53. The molecule has 0 unspecified atom stereocenters. The predicted molar refractivity (Wildman–Crippen MR) is 97.7 cm³/mol. The number of carbonyl (C=O) groups is 3. The Morgan fingerprint density at radius 2 is 1.56 bits per heavy atom. The molecular weight excluding hydrogens is 348 g/mol. The van der Waals surface area contributed by atoms with E-state index in [-0.39, 0.29) is 23.6 Å². The largest absolute Gasteiger partial charge is 0.478 e. The van der Waals surface area contributed by atoms with E-state index in [1.807, 2.05) is 0 Å². The molecule has 2 amide bonds. The number of aromatic carboxylic acids is 1. The first-order valence-corrected chi connectivity index (χ1v) is 8.09. The number of amides is 2. The summed E-state index contributed by atoms with van der Waals surface area (Å²) < 4.78 is 5.15. The summed E-state index contributed by atoms with van der Waals surface area (Å²) in [5, 5.41) is 14.5. The van der Waals surface area contributed by atoms with Gasteiger partial charge in [-0.25, -0.2) is 4.79 Å². The van der Waals surface area contributed by atoms with Crippen molar-refractivity contribution in [2.45, 2.75) is 6.54 Å². The van der Waals surface area contributed by atoms with E-state index in [2.05, 4.69) is 10.6 Å². The number of hydrogen-bond acceptors (Lipinski definition) is 4. The number of anilines is 1. The molecule has 0 aliphatic heterocycles. The van der Waals surface area contributed by atoms with Gasteiger partial charge >= 0.3 is 5.97 Å². The van der Waals surface area contributed by atoms with E-state index in [1.54, 1.807) is 48.5 Å². The molecule has 0 saturated carbocycles. The lowest BCUT2D eigenvalue weighted by molar-refractivity contribution is 0.0692. The first kappa shape index (κ1) is 17.9. The SMILES string of the molecule is O=C(NCc1ccco1)c1ccc(NC(=O)c2ccccc2C(=O)O)cc1. The maximum absolute atomic E-state index is 12.3. The van der Waals surface area contributed by atoms with Gasteiger partial charge in [-0.05, 0) is 48.5 Å². The third kappa shape index (κ3) is 4.40. The lowest BCUT2D eigenvalue weighted by Gasteiger charge is -2.09. The Bertz CT molecular complexity index is 962. The number of rotatable bonds is 6. The molecule has 0 aliphatic rings. The molecule has 7 heteroatoms. The average Bonchev–Trinajstić information content (AvgIpc) is 3.20. The molecule has 0 saturated heterocycles. The second kappa shape index (κ2) is 8.01. The number of benzene rings is 2. The molecule has 136 valence electrons. The van der Waals surface area contributed by atoms with Gasteiger partial charge in [0, 0.05) is 11.3 Å². The summed E-state index contributed by atoms with van der Waals surface area (Å²) in [6, 6.07) is 15.7. The molecule has 1 aromatic heterocycles. The Kier molecular flexibility index (Phi) is 5.32. The number of nitrogens with one attached hydrogen (secondary N) is 2. The summed E-state index contributed by atoms with van der Waals surface area (Å²) in [5.74, 6) is -1.35. The third-order valence-electron chi connectivity index (χ3n) is 3.81. The fourth-order valence-electron chi connectivity index (χ4n) is 2.45. The highest BCUT2D eigenvalue weighted by atomic mass is 16.4. The minimum Gasteiger partial charge on any atom is -0.478 e. The zero-order chi connectivity index (χ0) is 19.2. The topological polar surface area (TPSA) is 109 Å². The molecule has 1 heterocycles. The fraction of sp³-hybridized carbons (Fsp3) is 0.0500. The molecule has 0 atom stereocenters. The van der Waals surface area contributed by atoms with Crippen LogP contribution in [0.4, 0.5) is 5.69 Å². The lowest BCUT2D eigenvalue weighted by Crippen LogP contribution is -2.22. The summed E-state index contributed by atoms with van der Waals surface area (Å²) >= 11 is 0. The van der Waals surface area contributed by atoms with Crippen LogP contribution in [0.1, 0.15) is 36.8 Å². The maximum Gasteiger partial charge on any atom is 0.336 e. The van der Waals surface area contributed by atoms with Crippen LogP contribution in [0.15, 0.2) is 71.3 Å². The second-order valence-corrected chi connectivity index (χ2v) is 5.64. The van der Waals surface area contributed by atoms with Crippen molar-refractivity contribution < 1.29 is 23.9 Å². The standard InChI is InChI=1S/C20H16N2O5/c23-18(21-12-15-4-3-11-27-15)13-7-9-14(10-8-13)22-19(24)16-5-1-2-6-17(16)20(25)26/h1-11H,12H2,(H,21,23)(H,22,24)(H,25,26). The first-order chi connectivity index (χ1) is 13.0. The molecule has 0 fully saturated rings. The summed E-state index contributed by atoms with van der Waals surface area (Å²) in [4.78, 5) is 35.7. The van der Waals surface area contributed by atoms with Gasteiger partial charge in [0.15, 0.2) is 0 Å². The number of carboxylic acids is 1. The Morgan fingerprint density at radius 3 is 2.19 bits per heavy atom. The smallest absolute Gasteiger partial charge is 0.336 e. The van der Waals surface area contributed by atoms with Crippen molar-refractivity contribution in [2.75, 3.05) is 5.32 Å². The van der Waals surface area contributed by atoms with E-state index < -0.39 is 11.9 Å². The minimum atomic E-state index is -1.18. The zero-order valence-electron chi connectivity index (χ0n) is 14.1. The van der Waals surface area contributed by atoms with Crippen molar-refractivity contribution in [3.8, 4) is 0 Å². The molecule has 0 radical (unpaired) electrons. The number of hydrogen-bond donors (Lipinski definition) is 3. The van der Waals surface area contributed by atoms with Crippen LogP contribution in [-0.2, 0) is 6.54 Å². The summed E-state index contributed by atoms with van der Waals surface area (Å²) in [7, 11) is 0. The monoisotopic (exact) mass is 364 g/mol. The van der Waals surface area contributed by atoms with Crippen molar-refractivity contribution in [2.24, 2.45) is 0 Å². The Balaban J connectivity index is 1.64. The van der Waals surface area contributed by atoms with E-state index in [0.29, 0.717) is 17.0 Å². The molecule has 27 heavy (non-hydrogen) atoms. The van der Waals surface area contributed by atoms with Crippen LogP contribution in [-0.4, -0.2) is 22.9 Å². The highest BCUT2D eigenvalue weighted by Gasteiger charge is 2.16. The van der Waals surface area contributed by atoms with Crippen molar-refractivity contribution in [3.05, 3.63) is 89.4 Å². The minimum absolute atomic E-state index is 0.0604. The molecule has 0 aliphatic carbocycles. The van der Waals surface area contributed by atoms with Gasteiger partial charge in [-0.15, -0.1) is 0 Å². The predicted octanol–water partition coefficient (Wildman–Crippen LogP) is 3.16. The average molecular weight is 364 g/mol. The van der Waals surface area contributed by atoms with Crippen LogP contribution in [0, 0.1) is 0 Å². The van der Waals surface area contributed by atoms with Crippen molar-refractivity contribution in [1.29, 1.82) is 0 Å². The molecule has 3 aromatic rings. The fourth-order valence-corrected chi connectivity index (χ4v) is 2.45. The van der Waals surface area contributed by atoms with Gasteiger partial charge in [-0.1, -0.05) is 12.1 Å². The molecule has 3 N–H and O–H groups in total. The lowest BCUT2D eigenvalue weighted by atomic mass is 10.1. The van der Waals surface area contributed by atoms with Crippen LogP contribution in [0.2, 0.25) is 0 Å². The van der Waals surface area contributed by atoms with Gasteiger partial charge in [0.05, 0.1) is 23.9 Å². The Hall–Kier alpha value is -3.87. The van der Waals surface area contributed by atoms with Gasteiger partial charge in [0.2, 0.25) is 0 Å². The van der Waals surface area contributed by atoms with Crippen LogP contribution in [0.5, 0.6) is 0 Å². The summed E-state index contributed by atoms with van der Waals surface area (Å²) in [6.45, 7) is 0.274. The van der Waals surface area contributed by atoms with Crippen LogP contribution < -0.4 is 10.6 Å². The molecule has 3 rings (SSSR count). The summed E-state index contributed by atoms with van der Waals surface area (Å²) in [5.41, 5.74) is 0.849. The third-order valence-corrected chi connectivity index (χ3v) is 3.81. The number of furan rings is 1. The Morgan fingerprint density at radius 1 is 0.852 bits per heavy atom. The van der Waals surface area contributed by atoms with Gasteiger partial charge in [-0.2, -0.15) is 0 Å².